The van der Waals surface area contributed by atoms with E-state index in [-0.39, 0.29) is 4.90 Å². The first-order valence-electron chi connectivity index (χ1n) is 11.4. The third kappa shape index (κ3) is 6.29. The number of hydrogen-bond donors (Lipinski definition) is 1. The van der Waals surface area contributed by atoms with Gasteiger partial charge >= 0.3 is 0 Å². The zero-order valence-corrected chi connectivity index (χ0v) is 20.1. The van der Waals surface area contributed by atoms with Crippen molar-refractivity contribution >= 4 is 10.0 Å². The molecule has 0 spiro atoms. The summed E-state index contributed by atoms with van der Waals surface area (Å²) in [6, 6.07) is 17.7. The van der Waals surface area contributed by atoms with Gasteiger partial charge in [-0.1, -0.05) is 47.6 Å². The van der Waals surface area contributed by atoms with E-state index in [1.807, 2.05) is 19.1 Å². The van der Waals surface area contributed by atoms with Gasteiger partial charge in [-0.3, -0.25) is 4.90 Å². The van der Waals surface area contributed by atoms with Crippen LogP contribution < -0.4 is 4.72 Å². The molecular formula is C25H32N4O3S. The Hall–Kier alpha value is -2.52. The molecule has 2 aromatic carbocycles. The molecule has 0 amide bonds. The van der Waals surface area contributed by atoms with E-state index in [1.165, 1.54) is 5.56 Å². The number of sulfonamides is 1. The van der Waals surface area contributed by atoms with Crippen molar-refractivity contribution in [2.75, 3.05) is 39.3 Å². The van der Waals surface area contributed by atoms with Crippen molar-refractivity contribution in [3.05, 3.63) is 71.4 Å². The number of hydrogen-bond acceptors (Lipinski definition) is 6. The number of aromatic nitrogens is 1. The van der Waals surface area contributed by atoms with Crippen LogP contribution in [0.1, 0.15) is 23.2 Å². The van der Waals surface area contributed by atoms with Gasteiger partial charge in [-0.15, -0.1) is 0 Å². The van der Waals surface area contributed by atoms with E-state index < -0.39 is 10.0 Å². The Balaban J connectivity index is 1.24. The van der Waals surface area contributed by atoms with E-state index in [0.717, 1.165) is 51.4 Å². The van der Waals surface area contributed by atoms with Gasteiger partial charge in [-0.2, -0.15) is 0 Å². The molecule has 1 aliphatic rings. The predicted molar refractivity (Wildman–Crippen MR) is 129 cm³/mol. The van der Waals surface area contributed by atoms with Crippen LogP contribution in [0.25, 0.3) is 11.3 Å². The van der Waals surface area contributed by atoms with Crippen LogP contribution in [-0.2, 0) is 16.6 Å². The van der Waals surface area contributed by atoms with E-state index in [0.29, 0.717) is 23.4 Å². The Kier molecular flexibility index (Phi) is 7.60. The van der Waals surface area contributed by atoms with Gasteiger partial charge in [0, 0.05) is 50.9 Å². The third-order valence-electron chi connectivity index (χ3n) is 6.05. The van der Waals surface area contributed by atoms with Gasteiger partial charge in [0.25, 0.3) is 0 Å². The highest BCUT2D eigenvalue weighted by Gasteiger charge is 2.20. The lowest BCUT2D eigenvalue weighted by Gasteiger charge is -2.34. The molecule has 0 aliphatic carbocycles. The van der Waals surface area contributed by atoms with E-state index in [1.54, 1.807) is 25.1 Å². The van der Waals surface area contributed by atoms with Crippen molar-refractivity contribution in [3.8, 4) is 11.3 Å². The van der Waals surface area contributed by atoms with Gasteiger partial charge < -0.3 is 9.42 Å². The molecule has 1 N–H and O–H groups in total. The molecule has 0 atom stereocenters. The smallest absolute Gasteiger partial charge is 0.240 e. The molecule has 7 nitrogen and oxygen atoms in total. The van der Waals surface area contributed by atoms with Gasteiger partial charge in [-0.05, 0) is 44.0 Å². The van der Waals surface area contributed by atoms with Crippen molar-refractivity contribution in [2.24, 2.45) is 0 Å². The molecule has 3 aromatic rings. The lowest BCUT2D eigenvalue weighted by Crippen LogP contribution is -2.46. The Morgan fingerprint density at radius 2 is 1.70 bits per heavy atom. The van der Waals surface area contributed by atoms with E-state index in [4.69, 9.17) is 4.52 Å². The zero-order chi connectivity index (χ0) is 23.3. The molecule has 8 heteroatoms. The first kappa shape index (κ1) is 23.6. The second kappa shape index (κ2) is 10.6. The molecule has 1 saturated heterocycles. The van der Waals surface area contributed by atoms with Crippen molar-refractivity contribution in [3.63, 3.8) is 0 Å². The highest BCUT2D eigenvalue weighted by molar-refractivity contribution is 7.89. The van der Waals surface area contributed by atoms with E-state index >= 15 is 0 Å². The summed E-state index contributed by atoms with van der Waals surface area (Å²) in [4.78, 5) is 5.16. The summed E-state index contributed by atoms with van der Waals surface area (Å²) < 4.78 is 33.9. The lowest BCUT2D eigenvalue weighted by atomic mass is 10.1. The molecule has 33 heavy (non-hydrogen) atoms. The Labute approximate surface area is 196 Å². The molecule has 4 rings (SSSR count). The molecule has 1 aliphatic heterocycles. The topological polar surface area (TPSA) is 78.7 Å². The minimum Gasteiger partial charge on any atom is -0.356 e. The molecule has 1 aromatic heterocycles. The van der Waals surface area contributed by atoms with E-state index in [9.17, 15) is 8.42 Å². The predicted octanol–water partition coefficient (Wildman–Crippen LogP) is 3.44. The van der Waals surface area contributed by atoms with E-state index in [2.05, 4.69) is 43.9 Å². The van der Waals surface area contributed by atoms with Crippen LogP contribution in [0.4, 0.5) is 0 Å². The first-order valence-corrected chi connectivity index (χ1v) is 12.9. The highest BCUT2D eigenvalue weighted by Crippen LogP contribution is 2.25. The fourth-order valence-corrected chi connectivity index (χ4v) is 5.48. The Morgan fingerprint density at radius 1 is 0.970 bits per heavy atom. The summed E-state index contributed by atoms with van der Waals surface area (Å²) in [5, 5.41) is 3.89. The normalized spacial score (nSPS) is 15.7. The van der Waals surface area contributed by atoms with Gasteiger partial charge in [0.05, 0.1) is 10.6 Å². The number of nitrogens with zero attached hydrogens (tertiary/aromatic N) is 3. The van der Waals surface area contributed by atoms with Crippen molar-refractivity contribution in [2.45, 2.75) is 31.7 Å². The number of piperazine rings is 1. The number of aryl methyl sites for hydroxylation is 2. The minimum atomic E-state index is -3.60. The maximum Gasteiger partial charge on any atom is 0.240 e. The summed E-state index contributed by atoms with van der Waals surface area (Å²) in [6.45, 7) is 10.0. The van der Waals surface area contributed by atoms with Crippen LogP contribution in [0.5, 0.6) is 0 Å². The maximum absolute atomic E-state index is 12.9. The number of rotatable bonds is 9. The van der Waals surface area contributed by atoms with Crippen LogP contribution in [0.3, 0.4) is 0 Å². The lowest BCUT2D eigenvalue weighted by molar-refractivity contribution is 0.126. The second-order valence-electron chi connectivity index (χ2n) is 8.67. The number of benzene rings is 2. The van der Waals surface area contributed by atoms with Crippen LogP contribution in [-0.4, -0.2) is 62.6 Å². The molecule has 0 bridgehead atoms. The highest BCUT2D eigenvalue weighted by atomic mass is 32.2. The molecule has 2 heterocycles. The van der Waals surface area contributed by atoms with Crippen LogP contribution >= 0.6 is 0 Å². The van der Waals surface area contributed by atoms with Crippen molar-refractivity contribution in [1.82, 2.24) is 19.7 Å². The quantitative estimate of drug-likeness (QED) is 0.485. The van der Waals surface area contributed by atoms with Crippen molar-refractivity contribution in [1.29, 1.82) is 0 Å². The average Bonchev–Trinajstić information content (AvgIpc) is 3.25. The fourth-order valence-electron chi connectivity index (χ4n) is 4.14. The van der Waals surface area contributed by atoms with Gasteiger partial charge in [-0.25, -0.2) is 13.1 Å². The molecule has 1 fully saturated rings. The summed E-state index contributed by atoms with van der Waals surface area (Å²) in [5.41, 5.74) is 3.51. The summed E-state index contributed by atoms with van der Waals surface area (Å²) in [5.74, 6) is 0.565. The molecule has 0 saturated carbocycles. The van der Waals surface area contributed by atoms with Crippen LogP contribution in [0, 0.1) is 13.8 Å². The summed E-state index contributed by atoms with van der Waals surface area (Å²) in [6.07, 6.45) is 0.776. The zero-order valence-electron chi connectivity index (χ0n) is 19.3. The Morgan fingerprint density at radius 3 is 2.39 bits per heavy atom. The largest absolute Gasteiger partial charge is 0.356 e. The van der Waals surface area contributed by atoms with Crippen LogP contribution in [0.2, 0.25) is 0 Å². The summed E-state index contributed by atoms with van der Waals surface area (Å²) >= 11 is 0. The second-order valence-corrected chi connectivity index (χ2v) is 10.4. The summed E-state index contributed by atoms with van der Waals surface area (Å²) in [7, 11) is -3.60. The van der Waals surface area contributed by atoms with Gasteiger partial charge in [0.1, 0.15) is 0 Å². The van der Waals surface area contributed by atoms with Crippen molar-refractivity contribution < 1.29 is 12.9 Å². The minimum absolute atomic E-state index is 0.281. The molecular weight excluding hydrogens is 436 g/mol. The molecule has 176 valence electrons. The fraction of sp³-hybridized carbons (Fsp3) is 0.400. The molecule has 0 radical (unpaired) electrons. The number of nitrogens with one attached hydrogen (secondary N) is 1. The average molecular weight is 469 g/mol. The van der Waals surface area contributed by atoms with Crippen LogP contribution in [0.15, 0.2) is 64.0 Å². The van der Waals surface area contributed by atoms with Gasteiger partial charge in [0.2, 0.25) is 10.0 Å². The SMILES string of the molecule is Cc1cc(-c2ccc(C)c(S(=O)(=O)NCCCN3CCN(Cc4ccccc4)CC3)c2)on1. The monoisotopic (exact) mass is 468 g/mol. The maximum atomic E-state index is 12.9. The Bertz CT molecular complexity index is 1150. The third-order valence-corrected chi connectivity index (χ3v) is 7.65. The molecule has 0 unspecified atom stereocenters. The first-order chi connectivity index (χ1) is 15.9. The van der Waals surface area contributed by atoms with Gasteiger partial charge in [0.15, 0.2) is 5.76 Å². The standard InChI is InChI=1S/C25H32N4O3S/c1-20-9-10-23(24-17-21(2)27-32-24)18-25(20)33(30,31)26-11-6-12-28-13-15-29(16-14-28)19-22-7-4-3-5-8-22/h3-5,7-10,17-18,26H,6,11-16,19H2,1-2H3.